The molecule has 0 aliphatic carbocycles. The van der Waals surface area contributed by atoms with Crippen LogP contribution in [0.15, 0.2) is 24.3 Å². The largest absolute Gasteiger partial charge is 0.484 e. The predicted molar refractivity (Wildman–Crippen MR) is 91.3 cm³/mol. The number of rotatable bonds is 5. The summed E-state index contributed by atoms with van der Waals surface area (Å²) in [6.45, 7) is 1.91. The highest BCUT2D eigenvalue weighted by Crippen LogP contribution is 2.37. The molecule has 2 aliphatic heterocycles. The molecule has 3 rings (SSSR count). The van der Waals surface area contributed by atoms with Gasteiger partial charge in [0.15, 0.2) is 6.61 Å². The van der Waals surface area contributed by atoms with Gasteiger partial charge in [0.05, 0.1) is 6.26 Å². The van der Waals surface area contributed by atoms with Crippen LogP contribution < -0.4 is 10.1 Å². The summed E-state index contributed by atoms with van der Waals surface area (Å²) in [6, 6.07) is 7.63. The van der Waals surface area contributed by atoms with Crippen molar-refractivity contribution in [1.29, 1.82) is 0 Å². The number of hydrogen-bond donors (Lipinski definition) is 1. The zero-order valence-corrected chi connectivity index (χ0v) is 14.9. The van der Waals surface area contributed by atoms with Crippen molar-refractivity contribution in [3.63, 3.8) is 0 Å². The molecule has 0 aromatic heterocycles. The van der Waals surface area contributed by atoms with Gasteiger partial charge in [-0.15, -0.1) is 0 Å². The van der Waals surface area contributed by atoms with E-state index in [1.807, 2.05) is 31.2 Å². The second kappa shape index (κ2) is 6.72. The maximum Gasteiger partial charge on any atom is 0.258 e. The van der Waals surface area contributed by atoms with Gasteiger partial charge in [-0.3, -0.25) is 4.79 Å². The van der Waals surface area contributed by atoms with Crippen LogP contribution in [-0.2, 0) is 14.8 Å². The summed E-state index contributed by atoms with van der Waals surface area (Å²) in [5.41, 5.74) is 0.991. The van der Waals surface area contributed by atoms with Gasteiger partial charge in [0.1, 0.15) is 5.75 Å². The van der Waals surface area contributed by atoms with Crippen LogP contribution in [0.5, 0.6) is 5.75 Å². The second-order valence-electron chi connectivity index (χ2n) is 6.77. The van der Waals surface area contributed by atoms with E-state index in [0.717, 1.165) is 18.4 Å². The van der Waals surface area contributed by atoms with E-state index in [0.29, 0.717) is 18.6 Å². The summed E-state index contributed by atoms with van der Waals surface area (Å²) < 4.78 is 31.0. The first-order valence-corrected chi connectivity index (χ1v) is 10.2. The second-order valence-corrected chi connectivity index (χ2v) is 8.66. The third-order valence-corrected chi connectivity index (χ3v) is 6.23. The number of sulfonamides is 1. The number of carbonyl (C=O) groups excluding carboxylic acids is 1. The number of hydrogen-bond acceptors (Lipinski definition) is 4. The lowest BCUT2D eigenvalue weighted by Gasteiger charge is -2.37. The fourth-order valence-corrected chi connectivity index (χ4v) is 5.39. The topological polar surface area (TPSA) is 75.7 Å². The van der Waals surface area contributed by atoms with Gasteiger partial charge in [-0.25, -0.2) is 8.42 Å². The van der Waals surface area contributed by atoms with Crippen molar-refractivity contribution in [2.45, 2.75) is 50.7 Å². The summed E-state index contributed by atoms with van der Waals surface area (Å²) in [5.74, 6) is 0.551. The van der Waals surface area contributed by atoms with Gasteiger partial charge in [-0.2, -0.15) is 4.31 Å². The van der Waals surface area contributed by atoms with Crippen molar-refractivity contribution in [1.82, 2.24) is 9.62 Å². The van der Waals surface area contributed by atoms with Crippen LogP contribution in [0.25, 0.3) is 0 Å². The molecular weight excluding hydrogens is 328 g/mol. The fourth-order valence-electron chi connectivity index (χ4n) is 3.92. The van der Waals surface area contributed by atoms with Crippen molar-refractivity contribution < 1.29 is 17.9 Å². The Morgan fingerprint density at radius 1 is 1.25 bits per heavy atom. The van der Waals surface area contributed by atoms with Gasteiger partial charge in [0.2, 0.25) is 10.0 Å². The Morgan fingerprint density at radius 2 is 1.88 bits per heavy atom. The molecule has 0 radical (unpaired) electrons. The maximum atomic E-state index is 12.1. The minimum Gasteiger partial charge on any atom is -0.484 e. The third kappa shape index (κ3) is 3.72. The van der Waals surface area contributed by atoms with E-state index in [1.165, 1.54) is 6.26 Å². The molecule has 7 heteroatoms. The molecule has 1 N–H and O–H groups in total. The zero-order valence-electron chi connectivity index (χ0n) is 14.1. The quantitative estimate of drug-likeness (QED) is 0.870. The molecule has 1 aromatic carbocycles. The minimum absolute atomic E-state index is 0.0151. The van der Waals surface area contributed by atoms with Crippen molar-refractivity contribution >= 4 is 15.9 Å². The van der Waals surface area contributed by atoms with Gasteiger partial charge in [-0.1, -0.05) is 18.2 Å². The molecule has 2 unspecified atom stereocenters. The van der Waals surface area contributed by atoms with Crippen LogP contribution in [0.3, 0.4) is 0 Å². The molecule has 2 aliphatic rings. The first-order chi connectivity index (χ1) is 11.3. The Bertz CT molecular complexity index is 705. The molecule has 2 saturated heterocycles. The van der Waals surface area contributed by atoms with Gasteiger partial charge in [0.25, 0.3) is 5.91 Å². The number of carbonyl (C=O) groups is 1. The lowest BCUT2D eigenvalue weighted by atomic mass is 10.00. The Balaban J connectivity index is 1.53. The summed E-state index contributed by atoms with van der Waals surface area (Å²) in [7, 11) is -3.17. The molecule has 1 aromatic rings. The molecule has 6 nitrogen and oxygen atoms in total. The van der Waals surface area contributed by atoms with E-state index < -0.39 is 10.0 Å². The van der Waals surface area contributed by atoms with Gasteiger partial charge < -0.3 is 10.1 Å². The number of aryl methyl sites for hydroxylation is 1. The first kappa shape index (κ1) is 17.2. The number of amides is 1. The number of ether oxygens (including phenoxy) is 1. The molecule has 2 bridgehead atoms. The Morgan fingerprint density at radius 3 is 2.46 bits per heavy atom. The van der Waals surface area contributed by atoms with Gasteiger partial charge in [-0.05, 0) is 44.2 Å². The minimum atomic E-state index is -3.17. The molecular formula is C17H24N2O4S. The summed E-state index contributed by atoms with van der Waals surface area (Å²) in [6.07, 6.45) is 4.39. The van der Waals surface area contributed by atoms with Crippen LogP contribution in [-0.4, -0.2) is 49.6 Å². The van der Waals surface area contributed by atoms with Crippen molar-refractivity contribution in [3.05, 3.63) is 29.8 Å². The highest BCUT2D eigenvalue weighted by Gasteiger charge is 2.45. The molecule has 2 atom stereocenters. The SMILES string of the molecule is Cc1ccccc1OCC(=O)NC1CC2CCC(C1)N2S(C)(=O)=O. The zero-order chi connectivity index (χ0) is 17.3. The maximum absolute atomic E-state index is 12.1. The molecule has 24 heavy (non-hydrogen) atoms. The van der Waals surface area contributed by atoms with Crippen molar-refractivity contribution in [2.24, 2.45) is 0 Å². The first-order valence-electron chi connectivity index (χ1n) is 8.31. The normalized spacial score (nSPS) is 27.0. The molecule has 0 spiro atoms. The number of nitrogens with one attached hydrogen (secondary N) is 1. The number of piperidine rings is 1. The predicted octanol–water partition coefficient (Wildman–Crippen LogP) is 1.45. The van der Waals surface area contributed by atoms with Gasteiger partial charge in [0, 0.05) is 18.1 Å². The number of nitrogens with zero attached hydrogens (tertiary/aromatic N) is 1. The van der Waals surface area contributed by atoms with E-state index in [1.54, 1.807) is 4.31 Å². The van der Waals surface area contributed by atoms with E-state index in [-0.39, 0.29) is 30.6 Å². The number of fused-ring (bicyclic) bond motifs is 2. The van der Waals surface area contributed by atoms with Crippen LogP contribution in [0.2, 0.25) is 0 Å². The lowest BCUT2D eigenvalue weighted by Crippen LogP contribution is -2.52. The Hall–Kier alpha value is -1.60. The highest BCUT2D eigenvalue weighted by molar-refractivity contribution is 7.88. The van der Waals surface area contributed by atoms with Crippen LogP contribution in [0.4, 0.5) is 0 Å². The average Bonchev–Trinajstić information content (AvgIpc) is 2.79. The Labute approximate surface area is 143 Å². The molecule has 1 amide bonds. The standard InChI is InChI=1S/C17H24N2O4S/c1-12-5-3-4-6-16(12)23-11-17(20)18-13-9-14-7-8-15(10-13)19(14)24(2,21)22/h3-6,13-15H,7-11H2,1-2H3,(H,18,20). The van der Waals surface area contributed by atoms with Crippen molar-refractivity contribution in [3.8, 4) is 5.75 Å². The summed E-state index contributed by atoms with van der Waals surface area (Å²) >= 11 is 0. The monoisotopic (exact) mass is 352 g/mol. The van der Waals surface area contributed by atoms with Crippen LogP contribution >= 0.6 is 0 Å². The third-order valence-electron chi connectivity index (χ3n) is 4.87. The van der Waals surface area contributed by atoms with Crippen LogP contribution in [0, 0.1) is 6.92 Å². The van der Waals surface area contributed by atoms with E-state index in [9.17, 15) is 13.2 Å². The smallest absolute Gasteiger partial charge is 0.258 e. The van der Waals surface area contributed by atoms with Gasteiger partial charge >= 0.3 is 0 Å². The number of benzene rings is 1. The highest BCUT2D eigenvalue weighted by atomic mass is 32.2. The van der Waals surface area contributed by atoms with E-state index in [2.05, 4.69) is 5.32 Å². The fraction of sp³-hybridized carbons (Fsp3) is 0.588. The summed E-state index contributed by atoms with van der Waals surface area (Å²) in [5, 5.41) is 3.00. The van der Waals surface area contributed by atoms with Crippen molar-refractivity contribution in [2.75, 3.05) is 12.9 Å². The summed E-state index contributed by atoms with van der Waals surface area (Å²) in [4.78, 5) is 12.1. The van der Waals surface area contributed by atoms with E-state index in [4.69, 9.17) is 4.74 Å². The molecule has 0 saturated carbocycles. The van der Waals surface area contributed by atoms with Crippen LogP contribution in [0.1, 0.15) is 31.2 Å². The van der Waals surface area contributed by atoms with E-state index >= 15 is 0 Å². The molecule has 132 valence electrons. The Kier molecular flexibility index (Phi) is 4.83. The molecule has 2 heterocycles. The molecule has 2 fully saturated rings. The lowest BCUT2D eigenvalue weighted by molar-refractivity contribution is -0.124. The average molecular weight is 352 g/mol. The number of para-hydroxylation sites is 1.